The van der Waals surface area contributed by atoms with E-state index in [0.717, 1.165) is 50.8 Å². The first-order chi connectivity index (χ1) is 14.8. The molecule has 1 fully saturated rings. The van der Waals surface area contributed by atoms with Crippen LogP contribution in [0.5, 0.6) is 0 Å². The molecule has 1 aromatic carbocycles. The van der Waals surface area contributed by atoms with E-state index in [-0.39, 0.29) is 31.2 Å². The zero-order valence-corrected chi connectivity index (χ0v) is 20.5. The maximum atomic E-state index is 12.5. The third-order valence-electron chi connectivity index (χ3n) is 4.52. The number of carbonyl (C=O) groups excluding carboxylic acids is 2. The first-order valence-electron chi connectivity index (χ1n) is 9.79. The van der Waals surface area contributed by atoms with Crippen molar-refractivity contribution in [1.82, 2.24) is 4.90 Å². The second-order valence-electron chi connectivity index (χ2n) is 6.70. The molecule has 0 atom stereocenters. The van der Waals surface area contributed by atoms with Crippen LogP contribution in [0, 0.1) is 0 Å². The molecule has 1 aromatic rings. The van der Waals surface area contributed by atoms with E-state index in [9.17, 15) is 14.4 Å². The summed E-state index contributed by atoms with van der Waals surface area (Å²) >= 11 is 6.28. The van der Waals surface area contributed by atoms with E-state index in [1.54, 1.807) is 19.1 Å². The number of carboxylic acid groups (broad SMARTS) is 1. The van der Waals surface area contributed by atoms with Crippen LogP contribution in [-0.4, -0.2) is 66.8 Å². The SMILES string of the molecule is CCCCN1/C(=C/C=C2/SC(=S)N(CC(=O)O)C2=O)[Se]c2ccc(C(=O)OCC)cc21. The van der Waals surface area contributed by atoms with Crippen molar-refractivity contribution in [1.29, 1.82) is 0 Å². The normalized spacial score (nSPS) is 18.3. The number of anilines is 1. The number of nitrogens with zero attached hydrogens (tertiary/aromatic N) is 2. The van der Waals surface area contributed by atoms with Gasteiger partial charge in [-0.25, -0.2) is 0 Å². The van der Waals surface area contributed by atoms with E-state index >= 15 is 0 Å². The molecule has 0 spiro atoms. The van der Waals surface area contributed by atoms with Gasteiger partial charge in [0.15, 0.2) is 0 Å². The van der Waals surface area contributed by atoms with Crippen LogP contribution in [0.4, 0.5) is 5.69 Å². The number of amides is 1. The standard InChI is InChI=1S/C21H22N2O5S2Se/c1-3-5-10-22-14-11-13(20(27)28-4-2)6-8-16(14)31-17(22)9-7-15-19(26)23(12-18(24)25)21(29)30-15/h6-9,11H,3-5,10,12H2,1-2H3,(H,24,25)/b15-7+,17-9-. The van der Waals surface area contributed by atoms with Crippen LogP contribution in [0.1, 0.15) is 37.0 Å². The molecule has 3 rings (SSSR count). The molecule has 164 valence electrons. The van der Waals surface area contributed by atoms with Crippen molar-refractivity contribution in [2.45, 2.75) is 26.7 Å². The van der Waals surface area contributed by atoms with Crippen molar-refractivity contribution in [2.75, 3.05) is 24.6 Å². The van der Waals surface area contributed by atoms with Crippen molar-refractivity contribution in [2.24, 2.45) is 0 Å². The number of hydrogen-bond acceptors (Lipinski definition) is 7. The van der Waals surface area contributed by atoms with E-state index in [1.165, 1.54) is 0 Å². The summed E-state index contributed by atoms with van der Waals surface area (Å²) in [5.74, 6) is -1.83. The number of allylic oxidation sites excluding steroid dienone is 2. The van der Waals surface area contributed by atoms with Crippen LogP contribution in [0.2, 0.25) is 0 Å². The summed E-state index contributed by atoms with van der Waals surface area (Å²) in [6.07, 6.45) is 5.64. The van der Waals surface area contributed by atoms with Crippen LogP contribution in [0.3, 0.4) is 0 Å². The molecule has 10 heteroatoms. The zero-order chi connectivity index (χ0) is 22.5. The number of aliphatic carboxylic acids is 1. The number of carboxylic acids is 1. The predicted molar refractivity (Wildman–Crippen MR) is 126 cm³/mol. The van der Waals surface area contributed by atoms with Gasteiger partial charge >= 0.3 is 197 Å². The number of thiocarbonyl (C=S) groups is 1. The third kappa shape index (κ3) is 5.38. The molecule has 0 bridgehead atoms. The number of fused-ring (bicyclic) bond motifs is 1. The fraction of sp³-hybridized carbons (Fsp3) is 0.333. The van der Waals surface area contributed by atoms with Gasteiger partial charge in [-0.2, -0.15) is 0 Å². The number of thioether (sulfide) groups is 1. The van der Waals surface area contributed by atoms with Gasteiger partial charge in [0.2, 0.25) is 0 Å². The van der Waals surface area contributed by atoms with Crippen LogP contribution < -0.4 is 9.36 Å². The fourth-order valence-corrected chi connectivity index (χ4v) is 6.49. The Morgan fingerprint density at radius 2 is 2.03 bits per heavy atom. The number of rotatable bonds is 8. The molecular formula is C21H22N2O5S2Se. The number of ether oxygens (including phenoxy) is 1. The quantitative estimate of drug-likeness (QED) is 0.240. The molecule has 7 nitrogen and oxygen atoms in total. The summed E-state index contributed by atoms with van der Waals surface area (Å²) in [6, 6.07) is 5.63. The van der Waals surface area contributed by atoms with Gasteiger partial charge in [-0.05, 0) is 0 Å². The minimum atomic E-state index is -1.10. The average molecular weight is 526 g/mol. The van der Waals surface area contributed by atoms with Gasteiger partial charge in [0, 0.05) is 0 Å². The Hall–Kier alpha value is -2.13. The van der Waals surface area contributed by atoms with Gasteiger partial charge in [-0.1, -0.05) is 0 Å². The monoisotopic (exact) mass is 526 g/mol. The number of hydrogen-bond donors (Lipinski definition) is 1. The Labute approximate surface area is 196 Å². The van der Waals surface area contributed by atoms with Gasteiger partial charge < -0.3 is 0 Å². The van der Waals surface area contributed by atoms with E-state index in [0.29, 0.717) is 17.1 Å². The Morgan fingerprint density at radius 3 is 2.71 bits per heavy atom. The summed E-state index contributed by atoms with van der Waals surface area (Å²) in [6.45, 7) is 4.59. The topological polar surface area (TPSA) is 87.2 Å². The van der Waals surface area contributed by atoms with E-state index in [2.05, 4.69) is 11.8 Å². The van der Waals surface area contributed by atoms with Crippen molar-refractivity contribution < 1.29 is 24.2 Å². The summed E-state index contributed by atoms with van der Waals surface area (Å²) in [7, 11) is 0. The summed E-state index contributed by atoms with van der Waals surface area (Å²) in [4.78, 5) is 39.3. The number of unbranched alkanes of at least 4 members (excludes halogenated alkanes) is 1. The van der Waals surface area contributed by atoms with Gasteiger partial charge in [-0.15, -0.1) is 0 Å². The van der Waals surface area contributed by atoms with Crippen LogP contribution in [-0.2, 0) is 14.3 Å². The molecule has 1 saturated heterocycles. The van der Waals surface area contributed by atoms with E-state index in [4.69, 9.17) is 22.1 Å². The Balaban J connectivity index is 1.87. The van der Waals surface area contributed by atoms with Crippen molar-refractivity contribution in [3.63, 3.8) is 0 Å². The second kappa shape index (κ2) is 10.5. The van der Waals surface area contributed by atoms with Crippen LogP contribution >= 0.6 is 24.0 Å². The van der Waals surface area contributed by atoms with E-state index in [1.807, 2.05) is 18.2 Å². The van der Waals surface area contributed by atoms with Crippen LogP contribution in [0.25, 0.3) is 0 Å². The fourth-order valence-electron chi connectivity index (χ4n) is 3.05. The van der Waals surface area contributed by atoms with Crippen molar-refractivity contribution in [3.8, 4) is 0 Å². The summed E-state index contributed by atoms with van der Waals surface area (Å²) < 4.78 is 7.61. The second-order valence-corrected chi connectivity index (χ2v) is 10.6. The van der Waals surface area contributed by atoms with E-state index < -0.39 is 12.5 Å². The molecular weight excluding hydrogens is 503 g/mol. The number of benzene rings is 1. The third-order valence-corrected chi connectivity index (χ3v) is 8.29. The van der Waals surface area contributed by atoms with Gasteiger partial charge in [-0.3, -0.25) is 0 Å². The Bertz CT molecular complexity index is 992. The first kappa shape index (κ1) is 23.5. The first-order valence-corrected chi connectivity index (χ1v) is 12.7. The molecule has 0 saturated carbocycles. The molecule has 2 aliphatic heterocycles. The number of esters is 1. The van der Waals surface area contributed by atoms with Crippen molar-refractivity contribution in [3.05, 3.63) is 45.4 Å². The number of carbonyl (C=O) groups is 3. The molecule has 31 heavy (non-hydrogen) atoms. The molecule has 1 N–H and O–H groups in total. The van der Waals surface area contributed by atoms with Gasteiger partial charge in [0.1, 0.15) is 0 Å². The molecule has 0 aliphatic carbocycles. The average Bonchev–Trinajstić information content (AvgIpc) is 3.21. The molecule has 1 amide bonds. The summed E-state index contributed by atoms with van der Waals surface area (Å²) in [5, 5.41) is 8.98. The predicted octanol–water partition coefficient (Wildman–Crippen LogP) is 2.48. The Kier molecular flexibility index (Phi) is 7.94. The molecule has 0 radical (unpaired) electrons. The van der Waals surface area contributed by atoms with Gasteiger partial charge in [0.05, 0.1) is 0 Å². The maximum absolute atomic E-state index is 12.5. The summed E-state index contributed by atoms with van der Waals surface area (Å²) in [5.41, 5.74) is 1.52. The van der Waals surface area contributed by atoms with Crippen LogP contribution in [0.15, 0.2) is 39.9 Å². The van der Waals surface area contributed by atoms with Gasteiger partial charge in [0.25, 0.3) is 0 Å². The molecule has 0 unspecified atom stereocenters. The molecule has 2 heterocycles. The van der Waals surface area contributed by atoms with Crippen molar-refractivity contribution >= 4 is 71.3 Å². The Morgan fingerprint density at radius 1 is 1.26 bits per heavy atom. The molecule has 0 aromatic heterocycles. The molecule has 2 aliphatic rings. The minimum absolute atomic E-state index is 0.0148. The zero-order valence-electron chi connectivity index (χ0n) is 17.1.